The quantitative estimate of drug-likeness (QED) is 0.446. The minimum atomic E-state index is -0.287. The summed E-state index contributed by atoms with van der Waals surface area (Å²) in [5, 5.41) is 18.1. The molecule has 0 aliphatic carbocycles. The van der Waals surface area contributed by atoms with Crippen LogP contribution in [0.25, 0.3) is 0 Å². The molecule has 0 aliphatic rings. The fourth-order valence-corrected chi connectivity index (χ4v) is 2.34. The van der Waals surface area contributed by atoms with Gasteiger partial charge < -0.3 is 25.8 Å². The summed E-state index contributed by atoms with van der Waals surface area (Å²) < 4.78 is 18.2. The zero-order valence-electron chi connectivity index (χ0n) is 15.3. The normalized spacial score (nSPS) is 10.4. The Labute approximate surface area is 161 Å². The summed E-state index contributed by atoms with van der Waals surface area (Å²) in [5.41, 5.74) is 1.67. The van der Waals surface area contributed by atoms with Gasteiger partial charge in [-0.25, -0.2) is 4.39 Å². The van der Waals surface area contributed by atoms with Gasteiger partial charge in [0.05, 0.1) is 13.7 Å². The Bertz CT molecular complexity index is 890. The number of methoxy groups -OCH3 is 1. The zero-order valence-corrected chi connectivity index (χ0v) is 15.3. The second-order valence-electron chi connectivity index (χ2n) is 5.79. The molecule has 0 bridgehead atoms. The summed E-state index contributed by atoms with van der Waals surface area (Å²) in [6.07, 6.45) is 0. The van der Waals surface area contributed by atoms with Crippen molar-refractivity contribution in [3.63, 3.8) is 0 Å². The Kier molecular flexibility index (Phi) is 6.53. The van der Waals surface area contributed by atoms with E-state index >= 15 is 0 Å². The second kappa shape index (κ2) is 9.47. The molecule has 0 fully saturated rings. The second-order valence-corrected chi connectivity index (χ2v) is 5.79. The fraction of sp³-hybridized carbons (Fsp3) is 0.211. The molecule has 0 unspecified atom stereocenters. The van der Waals surface area contributed by atoms with Gasteiger partial charge in [-0.2, -0.15) is 15.0 Å². The molecular formula is C19H21FN6O2. The van der Waals surface area contributed by atoms with Gasteiger partial charge in [0.15, 0.2) is 0 Å². The number of ether oxygens (including phenoxy) is 1. The van der Waals surface area contributed by atoms with E-state index in [4.69, 9.17) is 9.84 Å². The number of nitrogens with zero attached hydrogens (tertiary/aromatic N) is 3. The lowest BCUT2D eigenvalue weighted by Crippen LogP contribution is -2.13. The summed E-state index contributed by atoms with van der Waals surface area (Å²) in [5.74, 6) is 1.46. The first-order valence-electron chi connectivity index (χ1n) is 8.66. The highest BCUT2D eigenvalue weighted by molar-refractivity contribution is 5.56. The Hall–Kier alpha value is -3.46. The lowest BCUT2D eigenvalue weighted by atomic mass is 10.2. The van der Waals surface area contributed by atoms with Gasteiger partial charge >= 0.3 is 0 Å². The van der Waals surface area contributed by atoms with Crippen LogP contribution in [0.4, 0.5) is 27.9 Å². The fourth-order valence-electron chi connectivity index (χ4n) is 2.34. The van der Waals surface area contributed by atoms with E-state index in [0.717, 1.165) is 17.0 Å². The molecular weight excluding hydrogens is 363 g/mol. The molecule has 2 aromatic carbocycles. The van der Waals surface area contributed by atoms with Crippen LogP contribution in [0.1, 0.15) is 5.56 Å². The molecule has 0 spiro atoms. The van der Waals surface area contributed by atoms with Crippen LogP contribution in [0.2, 0.25) is 0 Å². The minimum absolute atomic E-state index is 0.0503. The van der Waals surface area contributed by atoms with Crippen molar-refractivity contribution in [3.05, 3.63) is 59.9 Å². The summed E-state index contributed by atoms with van der Waals surface area (Å²) >= 11 is 0. The first-order chi connectivity index (χ1) is 13.7. The number of hydrogen-bond donors (Lipinski definition) is 4. The van der Waals surface area contributed by atoms with Gasteiger partial charge in [0.25, 0.3) is 0 Å². The van der Waals surface area contributed by atoms with Crippen molar-refractivity contribution in [1.29, 1.82) is 0 Å². The number of aromatic nitrogens is 3. The number of nitrogens with one attached hydrogen (secondary N) is 3. The van der Waals surface area contributed by atoms with E-state index in [9.17, 15) is 4.39 Å². The molecule has 1 aromatic heterocycles. The Morgan fingerprint density at radius 1 is 0.893 bits per heavy atom. The predicted molar refractivity (Wildman–Crippen MR) is 105 cm³/mol. The number of halogens is 1. The third-order valence-electron chi connectivity index (χ3n) is 3.74. The summed E-state index contributed by atoms with van der Waals surface area (Å²) in [4.78, 5) is 12.9. The summed E-state index contributed by atoms with van der Waals surface area (Å²) in [6.45, 7) is 0.681. The minimum Gasteiger partial charge on any atom is -0.497 e. The molecule has 9 heteroatoms. The van der Waals surface area contributed by atoms with Gasteiger partial charge in [-0.1, -0.05) is 12.1 Å². The van der Waals surface area contributed by atoms with Crippen LogP contribution in [0.15, 0.2) is 48.5 Å². The third-order valence-corrected chi connectivity index (χ3v) is 3.74. The first-order valence-corrected chi connectivity index (χ1v) is 8.66. The molecule has 0 atom stereocenters. The number of aliphatic hydroxyl groups is 1. The smallest absolute Gasteiger partial charge is 0.233 e. The van der Waals surface area contributed by atoms with E-state index in [2.05, 4.69) is 30.9 Å². The highest BCUT2D eigenvalue weighted by Gasteiger charge is 2.07. The number of benzene rings is 2. The number of rotatable bonds is 9. The third kappa shape index (κ3) is 5.52. The molecule has 0 radical (unpaired) electrons. The van der Waals surface area contributed by atoms with Crippen molar-refractivity contribution in [2.45, 2.75) is 6.54 Å². The summed E-state index contributed by atoms with van der Waals surface area (Å²) in [6, 6.07) is 13.5. The van der Waals surface area contributed by atoms with Crippen LogP contribution in [-0.2, 0) is 6.54 Å². The van der Waals surface area contributed by atoms with Crippen LogP contribution in [0.5, 0.6) is 5.75 Å². The van der Waals surface area contributed by atoms with Crippen LogP contribution >= 0.6 is 0 Å². The molecule has 1 heterocycles. The van der Waals surface area contributed by atoms with Gasteiger partial charge in [-0.3, -0.25) is 0 Å². The molecule has 4 N–H and O–H groups in total. The standard InChI is InChI=1S/C19H21FN6O2/c1-28-16-8-6-15(7-9-16)23-19-25-17(21-10-11-27)24-18(26-19)22-12-13-2-4-14(20)5-3-13/h2-9,27H,10-12H2,1H3,(H3,21,22,23,24,25,26). The maximum Gasteiger partial charge on any atom is 0.233 e. The summed E-state index contributed by atoms with van der Waals surface area (Å²) in [7, 11) is 1.60. The molecule has 28 heavy (non-hydrogen) atoms. The van der Waals surface area contributed by atoms with Crippen molar-refractivity contribution in [1.82, 2.24) is 15.0 Å². The van der Waals surface area contributed by atoms with Crippen LogP contribution in [-0.4, -0.2) is 40.3 Å². The molecule has 0 saturated carbocycles. The molecule has 0 aliphatic heterocycles. The topological polar surface area (TPSA) is 104 Å². The van der Waals surface area contributed by atoms with Crippen LogP contribution in [0.3, 0.4) is 0 Å². The Balaban J connectivity index is 1.75. The zero-order chi connectivity index (χ0) is 19.8. The highest BCUT2D eigenvalue weighted by Crippen LogP contribution is 2.19. The monoisotopic (exact) mass is 384 g/mol. The highest BCUT2D eigenvalue weighted by atomic mass is 19.1. The number of hydrogen-bond acceptors (Lipinski definition) is 8. The van der Waals surface area contributed by atoms with Crippen molar-refractivity contribution >= 4 is 23.5 Å². The molecule has 8 nitrogen and oxygen atoms in total. The molecule has 3 rings (SSSR count). The van der Waals surface area contributed by atoms with E-state index in [1.807, 2.05) is 24.3 Å². The van der Waals surface area contributed by atoms with E-state index in [1.165, 1.54) is 12.1 Å². The lowest BCUT2D eigenvalue weighted by Gasteiger charge is -2.11. The first kappa shape index (κ1) is 19.3. The lowest BCUT2D eigenvalue weighted by molar-refractivity contribution is 0.311. The van der Waals surface area contributed by atoms with E-state index < -0.39 is 0 Å². The van der Waals surface area contributed by atoms with Crippen molar-refractivity contribution in [2.24, 2.45) is 0 Å². The van der Waals surface area contributed by atoms with Crippen molar-refractivity contribution < 1.29 is 14.2 Å². The average molecular weight is 384 g/mol. The van der Waals surface area contributed by atoms with E-state index in [-0.39, 0.29) is 12.4 Å². The van der Waals surface area contributed by atoms with Gasteiger partial charge in [-0.15, -0.1) is 0 Å². The molecule has 0 saturated heterocycles. The maximum atomic E-state index is 13.0. The number of anilines is 4. The van der Waals surface area contributed by atoms with E-state index in [1.54, 1.807) is 19.2 Å². The van der Waals surface area contributed by atoms with Crippen LogP contribution in [0, 0.1) is 5.82 Å². The van der Waals surface area contributed by atoms with Crippen molar-refractivity contribution in [2.75, 3.05) is 36.2 Å². The van der Waals surface area contributed by atoms with Crippen molar-refractivity contribution in [3.8, 4) is 5.75 Å². The largest absolute Gasteiger partial charge is 0.497 e. The molecule has 146 valence electrons. The SMILES string of the molecule is COc1ccc(Nc2nc(NCCO)nc(NCc3ccc(F)cc3)n2)cc1. The Morgan fingerprint density at radius 2 is 1.54 bits per heavy atom. The average Bonchev–Trinajstić information content (AvgIpc) is 2.72. The molecule has 0 amide bonds. The van der Waals surface area contributed by atoms with Gasteiger partial charge in [-0.05, 0) is 42.0 Å². The van der Waals surface area contributed by atoms with Gasteiger partial charge in [0.2, 0.25) is 17.8 Å². The van der Waals surface area contributed by atoms with Gasteiger partial charge in [0, 0.05) is 18.8 Å². The predicted octanol–water partition coefficient (Wildman–Crippen LogP) is 2.78. The van der Waals surface area contributed by atoms with Gasteiger partial charge in [0.1, 0.15) is 11.6 Å². The number of aliphatic hydroxyl groups excluding tert-OH is 1. The van der Waals surface area contributed by atoms with E-state index in [0.29, 0.717) is 30.9 Å². The maximum absolute atomic E-state index is 13.0. The van der Waals surface area contributed by atoms with Crippen LogP contribution < -0.4 is 20.7 Å². The molecule has 3 aromatic rings. The Morgan fingerprint density at radius 3 is 2.18 bits per heavy atom.